The summed E-state index contributed by atoms with van der Waals surface area (Å²) in [5.41, 5.74) is 0.0129. The Bertz CT molecular complexity index is 723. The van der Waals surface area contributed by atoms with Crippen molar-refractivity contribution < 1.29 is 19.2 Å². The van der Waals surface area contributed by atoms with Crippen molar-refractivity contribution in [2.24, 2.45) is 0 Å². The molecule has 0 spiro atoms. The van der Waals surface area contributed by atoms with Crippen molar-refractivity contribution in [3.63, 3.8) is 0 Å². The van der Waals surface area contributed by atoms with E-state index in [4.69, 9.17) is 0 Å². The van der Waals surface area contributed by atoms with Gasteiger partial charge in [0.2, 0.25) is 17.5 Å². The van der Waals surface area contributed by atoms with E-state index < -0.39 is 5.91 Å². The standard InChI is InChI=1S/C15H18N4O4S/c1-8(20)17-5-3-4-6-24-10-7-9(21)12-11(14(10)22)13(19-18-12)15(23)16-2/h7H,3-6H2,1-2H3,(H,16,23)(H,17,20)(H,18,19). The number of carbonyl (C=O) groups excluding carboxylic acids is 4. The molecule has 0 unspecified atom stereocenters. The average molecular weight is 350 g/mol. The Balaban J connectivity index is 2.00. The van der Waals surface area contributed by atoms with E-state index in [2.05, 4.69) is 20.8 Å². The number of ketones is 2. The molecule has 0 radical (unpaired) electrons. The van der Waals surface area contributed by atoms with Crippen molar-refractivity contribution in [2.75, 3.05) is 19.3 Å². The highest BCUT2D eigenvalue weighted by Crippen LogP contribution is 2.29. The van der Waals surface area contributed by atoms with Crippen LogP contribution in [0.25, 0.3) is 0 Å². The number of amides is 2. The molecule has 9 heteroatoms. The molecule has 8 nitrogen and oxygen atoms in total. The number of nitrogens with one attached hydrogen (secondary N) is 3. The predicted molar refractivity (Wildman–Crippen MR) is 89.1 cm³/mol. The molecule has 0 aromatic carbocycles. The van der Waals surface area contributed by atoms with Gasteiger partial charge in [0, 0.05) is 26.6 Å². The van der Waals surface area contributed by atoms with E-state index in [0.29, 0.717) is 17.2 Å². The summed E-state index contributed by atoms with van der Waals surface area (Å²) in [5.74, 6) is -0.702. The molecule has 1 aromatic heterocycles. The van der Waals surface area contributed by atoms with Gasteiger partial charge in [0.15, 0.2) is 5.69 Å². The predicted octanol–water partition coefficient (Wildman–Crippen LogP) is 0.682. The molecule has 0 aliphatic heterocycles. The van der Waals surface area contributed by atoms with Crippen LogP contribution in [0.2, 0.25) is 0 Å². The Labute approximate surface area is 142 Å². The van der Waals surface area contributed by atoms with E-state index in [1.807, 2.05) is 0 Å². The van der Waals surface area contributed by atoms with Crippen LogP contribution >= 0.6 is 11.8 Å². The highest BCUT2D eigenvalue weighted by atomic mass is 32.2. The molecule has 0 fully saturated rings. The van der Waals surface area contributed by atoms with Crippen LogP contribution in [-0.2, 0) is 4.79 Å². The van der Waals surface area contributed by atoms with Crippen LogP contribution in [0.5, 0.6) is 0 Å². The van der Waals surface area contributed by atoms with Crippen LogP contribution in [0.4, 0.5) is 0 Å². The highest BCUT2D eigenvalue weighted by molar-refractivity contribution is 8.04. The summed E-state index contributed by atoms with van der Waals surface area (Å²) in [6.45, 7) is 2.03. The maximum atomic E-state index is 12.5. The van der Waals surface area contributed by atoms with Crippen LogP contribution in [0.3, 0.4) is 0 Å². The minimum absolute atomic E-state index is 0.0302. The lowest BCUT2D eigenvalue weighted by atomic mass is 9.99. The molecular weight excluding hydrogens is 332 g/mol. The molecule has 0 bridgehead atoms. The molecule has 2 amide bonds. The number of rotatable bonds is 7. The fraction of sp³-hybridized carbons (Fsp3) is 0.400. The van der Waals surface area contributed by atoms with Gasteiger partial charge < -0.3 is 10.6 Å². The molecule has 2 rings (SSSR count). The number of hydrogen-bond acceptors (Lipinski definition) is 6. The number of aromatic nitrogens is 2. The van der Waals surface area contributed by atoms with Gasteiger partial charge in [-0.25, -0.2) is 0 Å². The molecule has 1 aliphatic carbocycles. The van der Waals surface area contributed by atoms with Gasteiger partial charge in [-0.1, -0.05) is 0 Å². The smallest absolute Gasteiger partial charge is 0.272 e. The Morgan fingerprint density at radius 3 is 2.71 bits per heavy atom. The van der Waals surface area contributed by atoms with Crippen LogP contribution in [0.1, 0.15) is 51.1 Å². The largest absolute Gasteiger partial charge is 0.356 e. The summed E-state index contributed by atoms with van der Waals surface area (Å²) in [4.78, 5) is 47.5. The number of allylic oxidation sites excluding steroid dienone is 2. The van der Waals surface area contributed by atoms with Crippen LogP contribution in [0.15, 0.2) is 11.0 Å². The summed E-state index contributed by atoms with van der Waals surface area (Å²) < 4.78 is 0. The van der Waals surface area contributed by atoms with Crippen molar-refractivity contribution >= 4 is 35.1 Å². The van der Waals surface area contributed by atoms with Gasteiger partial charge >= 0.3 is 0 Å². The van der Waals surface area contributed by atoms with E-state index in [-0.39, 0.29) is 34.4 Å². The minimum atomic E-state index is -0.518. The van der Waals surface area contributed by atoms with Crippen molar-refractivity contribution in [1.82, 2.24) is 20.8 Å². The Kier molecular flexibility index (Phi) is 5.91. The average Bonchev–Trinajstić information content (AvgIpc) is 2.99. The van der Waals surface area contributed by atoms with Gasteiger partial charge in [-0.05, 0) is 18.6 Å². The zero-order chi connectivity index (χ0) is 17.7. The third-order valence-electron chi connectivity index (χ3n) is 3.37. The third-order valence-corrected chi connectivity index (χ3v) is 4.48. The van der Waals surface area contributed by atoms with Crippen molar-refractivity contribution in [3.05, 3.63) is 27.9 Å². The Morgan fingerprint density at radius 2 is 2.04 bits per heavy atom. The first-order valence-electron chi connectivity index (χ1n) is 7.44. The summed E-state index contributed by atoms with van der Waals surface area (Å²) in [7, 11) is 1.43. The maximum absolute atomic E-state index is 12.5. The molecule has 1 aromatic rings. The molecular formula is C15H18N4O4S. The van der Waals surface area contributed by atoms with Crippen molar-refractivity contribution in [2.45, 2.75) is 19.8 Å². The summed E-state index contributed by atoms with van der Waals surface area (Å²) in [5, 5.41) is 11.3. The van der Waals surface area contributed by atoms with Gasteiger partial charge in [0.25, 0.3) is 5.91 Å². The molecule has 3 N–H and O–H groups in total. The van der Waals surface area contributed by atoms with Crippen LogP contribution < -0.4 is 10.6 Å². The zero-order valence-corrected chi connectivity index (χ0v) is 14.2. The van der Waals surface area contributed by atoms with E-state index in [1.165, 1.54) is 31.8 Å². The minimum Gasteiger partial charge on any atom is -0.356 e. The van der Waals surface area contributed by atoms with Gasteiger partial charge in [0.1, 0.15) is 5.69 Å². The SMILES string of the molecule is CNC(=O)c1n[nH]c2c1C(=O)C(SCCCCNC(C)=O)=CC2=O. The quantitative estimate of drug-likeness (QED) is 0.622. The first kappa shape index (κ1) is 17.9. The Morgan fingerprint density at radius 1 is 1.29 bits per heavy atom. The normalized spacial score (nSPS) is 13.3. The number of unbranched alkanes of at least 4 members (excludes halogenated alkanes) is 1. The second kappa shape index (κ2) is 7.91. The maximum Gasteiger partial charge on any atom is 0.272 e. The highest BCUT2D eigenvalue weighted by Gasteiger charge is 2.33. The van der Waals surface area contributed by atoms with E-state index in [0.717, 1.165) is 12.8 Å². The van der Waals surface area contributed by atoms with Gasteiger partial charge in [-0.2, -0.15) is 5.10 Å². The number of carbonyl (C=O) groups is 4. The fourth-order valence-electron chi connectivity index (χ4n) is 2.18. The van der Waals surface area contributed by atoms with E-state index in [9.17, 15) is 19.2 Å². The van der Waals surface area contributed by atoms with Crippen LogP contribution in [-0.4, -0.2) is 52.9 Å². The van der Waals surface area contributed by atoms with Gasteiger partial charge in [0.05, 0.1) is 10.5 Å². The van der Waals surface area contributed by atoms with Gasteiger partial charge in [-0.3, -0.25) is 24.3 Å². The Hall–Kier alpha value is -2.42. The molecule has 128 valence electrons. The summed E-state index contributed by atoms with van der Waals surface area (Å²) in [6.07, 6.45) is 2.84. The van der Waals surface area contributed by atoms with E-state index in [1.54, 1.807) is 0 Å². The second-order valence-corrected chi connectivity index (χ2v) is 6.28. The number of fused-ring (bicyclic) bond motifs is 1. The molecule has 0 saturated heterocycles. The molecule has 0 saturated carbocycles. The summed E-state index contributed by atoms with van der Waals surface area (Å²) in [6, 6.07) is 0. The third kappa shape index (κ3) is 3.91. The number of thioether (sulfide) groups is 1. The lowest BCUT2D eigenvalue weighted by molar-refractivity contribution is -0.118. The number of Topliss-reactive ketones (excluding diaryl/α,β-unsaturated/α-hetero) is 1. The number of H-pyrrole nitrogens is 1. The number of nitrogens with zero attached hydrogens (tertiary/aromatic N) is 1. The monoisotopic (exact) mass is 350 g/mol. The first-order chi connectivity index (χ1) is 11.5. The topological polar surface area (TPSA) is 121 Å². The lowest BCUT2D eigenvalue weighted by Gasteiger charge is -2.11. The van der Waals surface area contributed by atoms with Crippen molar-refractivity contribution in [1.29, 1.82) is 0 Å². The molecule has 24 heavy (non-hydrogen) atoms. The van der Waals surface area contributed by atoms with Crippen molar-refractivity contribution in [3.8, 4) is 0 Å². The fourth-order valence-corrected chi connectivity index (χ4v) is 3.18. The number of aromatic amines is 1. The number of hydrogen-bond donors (Lipinski definition) is 3. The molecule has 0 atom stereocenters. The van der Waals surface area contributed by atoms with Crippen LogP contribution in [0, 0.1) is 0 Å². The zero-order valence-electron chi connectivity index (χ0n) is 13.4. The first-order valence-corrected chi connectivity index (χ1v) is 8.42. The lowest BCUT2D eigenvalue weighted by Crippen LogP contribution is -2.23. The van der Waals surface area contributed by atoms with E-state index >= 15 is 0 Å². The summed E-state index contributed by atoms with van der Waals surface area (Å²) >= 11 is 1.27. The van der Waals surface area contributed by atoms with Gasteiger partial charge in [-0.15, -0.1) is 11.8 Å². The molecule has 1 heterocycles. The second-order valence-electron chi connectivity index (χ2n) is 5.14. The molecule has 1 aliphatic rings.